The molecule has 0 radical (unpaired) electrons. The number of nitrogens with one attached hydrogen (secondary N) is 2. The first-order valence-corrected chi connectivity index (χ1v) is 7.76. The number of aliphatic hydroxyl groups excluding tert-OH is 1. The average molecular weight is 284 g/mol. The van der Waals surface area contributed by atoms with Crippen LogP contribution in [0.1, 0.15) is 58.8 Å². The average Bonchev–Trinajstić information content (AvgIpc) is 2.45. The molecule has 0 spiro atoms. The molecule has 0 aromatic heterocycles. The highest BCUT2D eigenvalue weighted by Gasteiger charge is 2.24. The highest BCUT2D eigenvalue weighted by Crippen LogP contribution is 2.23. The Labute approximate surface area is 121 Å². The molecule has 5 nitrogen and oxygen atoms in total. The zero-order valence-electron chi connectivity index (χ0n) is 12.7. The molecule has 0 aromatic carbocycles. The van der Waals surface area contributed by atoms with E-state index in [1.165, 1.54) is 6.42 Å². The second kappa shape index (κ2) is 8.95. The number of carbonyl (C=O) groups is 2. The van der Waals surface area contributed by atoms with E-state index in [1.54, 1.807) is 6.92 Å². The quantitative estimate of drug-likeness (QED) is 0.660. The summed E-state index contributed by atoms with van der Waals surface area (Å²) in [5, 5.41) is 14.4. The van der Waals surface area contributed by atoms with Crippen molar-refractivity contribution in [3.05, 3.63) is 0 Å². The van der Waals surface area contributed by atoms with Gasteiger partial charge in [-0.15, -0.1) is 0 Å². The van der Waals surface area contributed by atoms with Crippen LogP contribution in [0.25, 0.3) is 0 Å². The lowest BCUT2D eigenvalue weighted by Crippen LogP contribution is -2.49. The lowest BCUT2D eigenvalue weighted by atomic mass is 9.88. The number of amides is 2. The van der Waals surface area contributed by atoms with Gasteiger partial charge in [0, 0.05) is 18.6 Å². The first-order chi connectivity index (χ1) is 9.54. The van der Waals surface area contributed by atoms with Gasteiger partial charge in [-0.05, 0) is 39.5 Å². The topological polar surface area (TPSA) is 78.4 Å². The van der Waals surface area contributed by atoms with Crippen LogP contribution in [0.2, 0.25) is 0 Å². The van der Waals surface area contributed by atoms with Crippen molar-refractivity contribution in [2.24, 2.45) is 5.92 Å². The minimum atomic E-state index is -0.499. The SMILES string of the molecule is CC(CCCO)NC(=O)C(C)NC(=O)C1CCCCC1. The van der Waals surface area contributed by atoms with E-state index in [0.29, 0.717) is 6.42 Å². The van der Waals surface area contributed by atoms with Gasteiger partial charge in [0.25, 0.3) is 0 Å². The third-order valence-corrected chi connectivity index (χ3v) is 3.91. The van der Waals surface area contributed by atoms with Gasteiger partial charge in [-0.3, -0.25) is 9.59 Å². The molecule has 116 valence electrons. The molecule has 0 heterocycles. The van der Waals surface area contributed by atoms with Crippen LogP contribution >= 0.6 is 0 Å². The molecule has 0 aromatic rings. The highest BCUT2D eigenvalue weighted by atomic mass is 16.3. The summed E-state index contributed by atoms with van der Waals surface area (Å²) in [6.45, 7) is 3.76. The van der Waals surface area contributed by atoms with Crippen molar-refractivity contribution in [1.82, 2.24) is 10.6 Å². The molecule has 2 amide bonds. The van der Waals surface area contributed by atoms with Crippen molar-refractivity contribution >= 4 is 11.8 Å². The van der Waals surface area contributed by atoms with E-state index < -0.39 is 6.04 Å². The van der Waals surface area contributed by atoms with E-state index >= 15 is 0 Å². The number of hydrogen-bond donors (Lipinski definition) is 3. The molecule has 1 fully saturated rings. The van der Waals surface area contributed by atoms with Crippen LogP contribution < -0.4 is 10.6 Å². The molecule has 2 atom stereocenters. The molecule has 1 rings (SSSR count). The van der Waals surface area contributed by atoms with E-state index in [-0.39, 0.29) is 30.4 Å². The molecule has 2 unspecified atom stereocenters. The maximum atomic E-state index is 12.0. The monoisotopic (exact) mass is 284 g/mol. The summed E-state index contributed by atoms with van der Waals surface area (Å²) in [5.41, 5.74) is 0. The first kappa shape index (κ1) is 17.0. The second-order valence-corrected chi connectivity index (χ2v) is 5.84. The van der Waals surface area contributed by atoms with E-state index in [4.69, 9.17) is 5.11 Å². The minimum Gasteiger partial charge on any atom is -0.396 e. The van der Waals surface area contributed by atoms with Crippen molar-refractivity contribution in [2.75, 3.05) is 6.61 Å². The van der Waals surface area contributed by atoms with Gasteiger partial charge in [0.15, 0.2) is 0 Å². The summed E-state index contributed by atoms with van der Waals surface area (Å²) in [6.07, 6.45) is 6.71. The van der Waals surface area contributed by atoms with Crippen molar-refractivity contribution in [1.29, 1.82) is 0 Å². The maximum absolute atomic E-state index is 12.0. The fourth-order valence-corrected chi connectivity index (χ4v) is 2.60. The van der Waals surface area contributed by atoms with Crippen LogP contribution in [-0.4, -0.2) is 35.6 Å². The Morgan fingerprint density at radius 1 is 1.15 bits per heavy atom. The molecule has 20 heavy (non-hydrogen) atoms. The second-order valence-electron chi connectivity index (χ2n) is 5.84. The van der Waals surface area contributed by atoms with Crippen LogP contribution in [-0.2, 0) is 9.59 Å². The largest absolute Gasteiger partial charge is 0.396 e. The zero-order chi connectivity index (χ0) is 15.0. The van der Waals surface area contributed by atoms with E-state index in [0.717, 1.165) is 32.1 Å². The molecule has 1 aliphatic rings. The first-order valence-electron chi connectivity index (χ1n) is 7.76. The smallest absolute Gasteiger partial charge is 0.242 e. The normalized spacial score (nSPS) is 19.1. The predicted molar refractivity (Wildman–Crippen MR) is 78.1 cm³/mol. The van der Waals surface area contributed by atoms with Crippen molar-refractivity contribution in [3.63, 3.8) is 0 Å². The fraction of sp³-hybridized carbons (Fsp3) is 0.867. The summed E-state index contributed by atoms with van der Waals surface area (Å²) >= 11 is 0. The summed E-state index contributed by atoms with van der Waals surface area (Å²) < 4.78 is 0. The molecule has 1 saturated carbocycles. The van der Waals surface area contributed by atoms with Gasteiger partial charge in [0.2, 0.25) is 11.8 Å². The van der Waals surface area contributed by atoms with Crippen LogP contribution in [0.5, 0.6) is 0 Å². The van der Waals surface area contributed by atoms with Crippen LogP contribution in [0.15, 0.2) is 0 Å². The van der Waals surface area contributed by atoms with Gasteiger partial charge in [0.05, 0.1) is 0 Å². The predicted octanol–water partition coefficient (Wildman–Crippen LogP) is 1.35. The van der Waals surface area contributed by atoms with E-state index in [1.807, 2.05) is 6.92 Å². The Kier molecular flexibility index (Phi) is 7.59. The zero-order valence-corrected chi connectivity index (χ0v) is 12.7. The lowest BCUT2D eigenvalue weighted by molar-refractivity contribution is -0.131. The third-order valence-electron chi connectivity index (χ3n) is 3.91. The molecule has 1 aliphatic carbocycles. The number of rotatable bonds is 7. The maximum Gasteiger partial charge on any atom is 0.242 e. The molecular weight excluding hydrogens is 256 g/mol. The summed E-state index contributed by atoms with van der Waals surface area (Å²) in [6, 6.07) is -0.482. The lowest BCUT2D eigenvalue weighted by Gasteiger charge is -2.23. The molecular formula is C15H28N2O3. The fourth-order valence-electron chi connectivity index (χ4n) is 2.60. The van der Waals surface area contributed by atoms with Crippen LogP contribution in [0.4, 0.5) is 0 Å². The summed E-state index contributed by atoms with van der Waals surface area (Å²) in [5.74, 6) is -0.0687. The minimum absolute atomic E-state index is 0.00959. The molecule has 0 aliphatic heterocycles. The van der Waals surface area contributed by atoms with Gasteiger partial charge in [-0.1, -0.05) is 19.3 Å². The highest BCUT2D eigenvalue weighted by molar-refractivity contribution is 5.88. The van der Waals surface area contributed by atoms with Gasteiger partial charge >= 0.3 is 0 Å². The van der Waals surface area contributed by atoms with Crippen molar-refractivity contribution < 1.29 is 14.7 Å². The van der Waals surface area contributed by atoms with Gasteiger partial charge in [0.1, 0.15) is 6.04 Å². The van der Waals surface area contributed by atoms with Crippen molar-refractivity contribution in [2.45, 2.75) is 70.9 Å². The Morgan fingerprint density at radius 3 is 2.40 bits per heavy atom. The van der Waals surface area contributed by atoms with Crippen LogP contribution in [0, 0.1) is 5.92 Å². The Balaban J connectivity index is 2.31. The van der Waals surface area contributed by atoms with Crippen molar-refractivity contribution in [3.8, 4) is 0 Å². The number of hydrogen-bond acceptors (Lipinski definition) is 3. The Morgan fingerprint density at radius 2 is 1.80 bits per heavy atom. The summed E-state index contributed by atoms with van der Waals surface area (Å²) in [7, 11) is 0. The summed E-state index contributed by atoms with van der Waals surface area (Å²) in [4.78, 5) is 24.0. The molecule has 3 N–H and O–H groups in total. The van der Waals surface area contributed by atoms with E-state index in [9.17, 15) is 9.59 Å². The molecule has 5 heteroatoms. The van der Waals surface area contributed by atoms with E-state index in [2.05, 4.69) is 10.6 Å². The Bertz CT molecular complexity index is 314. The Hall–Kier alpha value is -1.10. The van der Waals surface area contributed by atoms with Gasteiger partial charge in [-0.2, -0.15) is 0 Å². The number of aliphatic hydroxyl groups is 1. The standard InChI is InChI=1S/C15H28N2O3/c1-11(7-6-10-18)16-14(19)12(2)17-15(20)13-8-4-3-5-9-13/h11-13,18H,3-10H2,1-2H3,(H,16,19)(H,17,20). The van der Waals surface area contributed by atoms with Crippen LogP contribution in [0.3, 0.4) is 0 Å². The number of carbonyl (C=O) groups excluding carboxylic acids is 2. The molecule has 0 bridgehead atoms. The van der Waals surface area contributed by atoms with Gasteiger partial charge < -0.3 is 15.7 Å². The third kappa shape index (κ3) is 5.90. The molecule has 0 saturated heterocycles. The van der Waals surface area contributed by atoms with Gasteiger partial charge in [-0.25, -0.2) is 0 Å².